The third-order valence-electron chi connectivity index (χ3n) is 3.81. The van der Waals surface area contributed by atoms with Crippen molar-refractivity contribution >= 4 is 17.4 Å². The molecule has 3 heteroatoms. The quantitative estimate of drug-likeness (QED) is 0.852. The van der Waals surface area contributed by atoms with Crippen molar-refractivity contribution in [1.29, 1.82) is 0 Å². The molecule has 0 radical (unpaired) electrons. The first-order valence-corrected chi connectivity index (χ1v) is 7.08. The van der Waals surface area contributed by atoms with E-state index in [4.69, 9.17) is 17.3 Å². The first kappa shape index (κ1) is 13.6. The van der Waals surface area contributed by atoms with Crippen LogP contribution in [0.15, 0.2) is 24.3 Å². The highest BCUT2D eigenvalue weighted by Gasteiger charge is 2.26. The van der Waals surface area contributed by atoms with E-state index >= 15 is 0 Å². The summed E-state index contributed by atoms with van der Waals surface area (Å²) in [5.74, 6) is 0.265. The molecular formula is C15H20ClNO. The molecule has 0 saturated heterocycles. The Morgan fingerprint density at radius 2 is 1.94 bits per heavy atom. The molecule has 1 fully saturated rings. The maximum Gasteiger partial charge on any atom is 0.141 e. The number of rotatable bonds is 3. The van der Waals surface area contributed by atoms with Gasteiger partial charge in [0, 0.05) is 23.4 Å². The second-order valence-corrected chi connectivity index (χ2v) is 5.55. The van der Waals surface area contributed by atoms with Gasteiger partial charge in [-0.1, -0.05) is 49.1 Å². The van der Waals surface area contributed by atoms with E-state index < -0.39 is 0 Å². The van der Waals surface area contributed by atoms with E-state index in [0.717, 1.165) is 31.2 Å². The van der Waals surface area contributed by atoms with E-state index in [1.165, 1.54) is 6.42 Å². The SMILES string of the molecule is NC1CCCCCC1C(=O)Cc1ccccc1Cl. The minimum absolute atomic E-state index is 0.0174. The van der Waals surface area contributed by atoms with Crippen LogP contribution >= 0.6 is 11.6 Å². The summed E-state index contributed by atoms with van der Waals surface area (Å²) in [5, 5.41) is 0.674. The molecule has 0 spiro atoms. The van der Waals surface area contributed by atoms with Gasteiger partial charge in [-0.25, -0.2) is 0 Å². The van der Waals surface area contributed by atoms with Gasteiger partial charge in [0.15, 0.2) is 0 Å². The first-order valence-electron chi connectivity index (χ1n) is 6.70. The summed E-state index contributed by atoms with van der Waals surface area (Å²) in [6, 6.07) is 7.58. The van der Waals surface area contributed by atoms with Crippen LogP contribution in [0.5, 0.6) is 0 Å². The van der Waals surface area contributed by atoms with Crippen LogP contribution in [-0.4, -0.2) is 11.8 Å². The van der Waals surface area contributed by atoms with E-state index in [2.05, 4.69) is 0 Å². The lowest BCUT2D eigenvalue weighted by Crippen LogP contribution is -2.35. The maximum atomic E-state index is 12.3. The second-order valence-electron chi connectivity index (χ2n) is 5.14. The van der Waals surface area contributed by atoms with Crippen molar-refractivity contribution in [3.63, 3.8) is 0 Å². The van der Waals surface area contributed by atoms with Gasteiger partial charge < -0.3 is 5.73 Å². The highest BCUT2D eigenvalue weighted by molar-refractivity contribution is 6.31. The van der Waals surface area contributed by atoms with Crippen molar-refractivity contribution in [2.75, 3.05) is 0 Å². The van der Waals surface area contributed by atoms with Crippen molar-refractivity contribution in [2.24, 2.45) is 11.7 Å². The Morgan fingerprint density at radius 3 is 2.72 bits per heavy atom. The Balaban J connectivity index is 2.04. The smallest absolute Gasteiger partial charge is 0.141 e. The summed E-state index contributed by atoms with van der Waals surface area (Å²) < 4.78 is 0. The minimum atomic E-state index is 0.0174. The monoisotopic (exact) mass is 265 g/mol. The van der Waals surface area contributed by atoms with Crippen molar-refractivity contribution in [3.05, 3.63) is 34.9 Å². The molecule has 0 bridgehead atoms. The highest BCUT2D eigenvalue weighted by Crippen LogP contribution is 2.25. The van der Waals surface area contributed by atoms with Gasteiger partial charge >= 0.3 is 0 Å². The van der Waals surface area contributed by atoms with Crippen LogP contribution in [0, 0.1) is 5.92 Å². The van der Waals surface area contributed by atoms with E-state index in [1.807, 2.05) is 24.3 Å². The van der Waals surface area contributed by atoms with Gasteiger partial charge in [0.05, 0.1) is 0 Å². The molecular weight excluding hydrogens is 246 g/mol. The molecule has 0 amide bonds. The molecule has 1 aromatic carbocycles. The summed E-state index contributed by atoms with van der Waals surface area (Å²) in [7, 11) is 0. The van der Waals surface area contributed by atoms with E-state index in [9.17, 15) is 4.79 Å². The molecule has 98 valence electrons. The molecule has 18 heavy (non-hydrogen) atoms. The molecule has 2 rings (SSSR count). The van der Waals surface area contributed by atoms with E-state index in [1.54, 1.807) is 0 Å². The largest absolute Gasteiger partial charge is 0.327 e. The normalized spacial score (nSPS) is 24.6. The van der Waals surface area contributed by atoms with Crippen LogP contribution in [0.1, 0.15) is 37.7 Å². The Kier molecular flexibility index (Phi) is 4.79. The summed E-state index contributed by atoms with van der Waals surface area (Å²) in [4.78, 5) is 12.3. The number of carbonyl (C=O) groups is 1. The molecule has 1 aromatic rings. The van der Waals surface area contributed by atoms with Crippen LogP contribution in [0.4, 0.5) is 0 Å². The molecule has 0 aliphatic heterocycles. The van der Waals surface area contributed by atoms with Gasteiger partial charge in [-0.3, -0.25) is 4.79 Å². The van der Waals surface area contributed by atoms with Crippen LogP contribution in [0.25, 0.3) is 0 Å². The lowest BCUT2D eigenvalue weighted by atomic mass is 9.88. The zero-order valence-electron chi connectivity index (χ0n) is 10.6. The maximum absolute atomic E-state index is 12.3. The molecule has 1 aliphatic rings. The van der Waals surface area contributed by atoms with Crippen molar-refractivity contribution in [1.82, 2.24) is 0 Å². The van der Waals surface area contributed by atoms with Gasteiger partial charge in [0.2, 0.25) is 0 Å². The summed E-state index contributed by atoms with van der Waals surface area (Å²) >= 11 is 6.09. The lowest BCUT2D eigenvalue weighted by Gasteiger charge is -2.20. The predicted octanol–water partition coefficient (Wildman–Crippen LogP) is 3.36. The van der Waals surface area contributed by atoms with Crippen LogP contribution in [0.2, 0.25) is 5.02 Å². The van der Waals surface area contributed by atoms with Gasteiger partial charge in [-0.15, -0.1) is 0 Å². The fourth-order valence-corrected chi connectivity index (χ4v) is 2.90. The van der Waals surface area contributed by atoms with Crippen molar-refractivity contribution in [3.8, 4) is 0 Å². The Morgan fingerprint density at radius 1 is 1.22 bits per heavy atom. The summed E-state index contributed by atoms with van der Waals surface area (Å²) in [5.41, 5.74) is 7.04. The number of hydrogen-bond donors (Lipinski definition) is 1. The van der Waals surface area contributed by atoms with E-state index in [-0.39, 0.29) is 17.7 Å². The molecule has 2 N–H and O–H groups in total. The third kappa shape index (κ3) is 3.33. The molecule has 0 aromatic heterocycles. The molecule has 2 atom stereocenters. The Bertz CT molecular complexity index is 419. The average Bonchev–Trinajstić information content (AvgIpc) is 2.57. The lowest BCUT2D eigenvalue weighted by molar-refractivity contribution is -0.123. The average molecular weight is 266 g/mol. The number of carbonyl (C=O) groups excluding carboxylic acids is 1. The van der Waals surface area contributed by atoms with Gasteiger partial charge in [-0.2, -0.15) is 0 Å². The van der Waals surface area contributed by atoms with Gasteiger partial charge in [0.1, 0.15) is 5.78 Å². The standard InChI is InChI=1S/C15H20ClNO/c16-13-8-5-4-6-11(13)10-15(18)12-7-2-1-3-9-14(12)17/h4-6,8,12,14H,1-3,7,9-10,17H2. The number of Topliss-reactive ketones (excluding diaryl/α,β-unsaturated/α-hetero) is 1. The van der Waals surface area contributed by atoms with Crippen LogP contribution < -0.4 is 5.73 Å². The first-order chi connectivity index (χ1) is 8.68. The fraction of sp³-hybridized carbons (Fsp3) is 0.533. The summed E-state index contributed by atoms with van der Waals surface area (Å²) in [6.45, 7) is 0. The molecule has 1 aliphatic carbocycles. The number of benzene rings is 1. The summed E-state index contributed by atoms with van der Waals surface area (Å²) in [6.07, 6.45) is 5.79. The van der Waals surface area contributed by atoms with Crippen LogP contribution in [-0.2, 0) is 11.2 Å². The highest BCUT2D eigenvalue weighted by atomic mass is 35.5. The molecule has 2 nitrogen and oxygen atoms in total. The molecule has 1 saturated carbocycles. The second kappa shape index (κ2) is 6.35. The topological polar surface area (TPSA) is 43.1 Å². The Hall–Kier alpha value is -0.860. The number of nitrogens with two attached hydrogens (primary N) is 1. The van der Waals surface area contributed by atoms with Crippen LogP contribution in [0.3, 0.4) is 0 Å². The molecule has 2 unspecified atom stereocenters. The number of ketones is 1. The number of halogens is 1. The fourth-order valence-electron chi connectivity index (χ4n) is 2.70. The van der Waals surface area contributed by atoms with Gasteiger partial charge in [-0.05, 0) is 24.5 Å². The minimum Gasteiger partial charge on any atom is -0.327 e. The third-order valence-corrected chi connectivity index (χ3v) is 4.17. The predicted molar refractivity (Wildman–Crippen MR) is 74.7 cm³/mol. The zero-order valence-corrected chi connectivity index (χ0v) is 11.3. The van der Waals surface area contributed by atoms with E-state index in [0.29, 0.717) is 11.4 Å². The zero-order chi connectivity index (χ0) is 13.0. The van der Waals surface area contributed by atoms with Crippen molar-refractivity contribution in [2.45, 2.75) is 44.6 Å². The Labute approximate surface area is 114 Å². The number of hydrogen-bond acceptors (Lipinski definition) is 2. The molecule has 0 heterocycles. The van der Waals surface area contributed by atoms with Crippen molar-refractivity contribution < 1.29 is 4.79 Å². The van der Waals surface area contributed by atoms with Gasteiger partial charge in [0.25, 0.3) is 0 Å².